The second-order valence-corrected chi connectivity index (χ2v) is 6.70. The quantitative estimate of drug-likeness (QED) is 0.761. The SMILES string of the molecule is CC(C)c1csc(C(C#N)C(=O)CSc2ccncc2)n1. The molecule has 0 saturated carbocycles. The number of carbonyl (C=O) groups is 1. The lowest BCUT2D eigenvalue weighted by Gasteiger charge is -2.05. The minimum Gasteiger partial charge on any atom is -0.297 e. The van der Waals surface area contributed by atoms with Crippen LogP contribution in [-0.4, -0.2) is 21.5 Å². The highest BCUT2D eigenvalue weighted by Crippen LogP contribution is 2.26. The van der Waals surface area contributed by atoms with Crippen LogP contribution in [0.3, 0.4) is 0 Å². The molecule has 0 aliphatic carbocycles. The van der Waals surface area contributed by atoms with E-state index in [1.807, 2.05) is 31.4 Å². The second kappa shape index (κ2) is 7.34. The van der Waals surface area contributed by atoms with Crippen LogP contribution >= 0.6 is 23.1 Å². The molecule has 0 aliphatic rings. The molecule has 6 heteroatoms. The van der Waals surface area contributed by atoms with Crippen LogP contribution in [0.1, 0.15) is 36.4 Å². The zero-order chi connectivity index (χ0) is 15.2. The predicted molar refractivity (Wildman–Crippen MR) is 84.5 cm³/mol. The number of carbonyl (C=O) groups excluding carboxylic acids is 1. The molecule has 0 fully saturated rings. The van der Waals surface area contributed by atoms with E-state index in [1.165, 1.54) is 23.1 Å². The molecule has 108 valence electrons. The van der Waals surface area contributed by atoms with Gasteiger partial charge in [0, 0.05) is 22.7 Å². The summed E-state index contributed by atoms with van der Waals surface area (Å²) in [6.07, 6.45) is 3.37. The summed E-state index contributed by atoms with van der Waals surface area (Å²) in [7, 11) is 0. The summed E-state index contributed by atoms with van der Waals surface area (Å²) in [6.45, 7) is 4.09. The fourth-order valence-electron chi connectivity index (χ4n) is 1.64. The Balaban J connectivity index is 2.03. The third kappa shape index (κ3) is 4.13. The Morgan fingerprint density at radius 1 is 1.43 bits per heavy atom. The molecule has 2 heterocycles. The highest BCUT2D eigenvalue weighted by Gasteiger charge is 2.24. The van der Waals surface area contributed by atoms with Crippen LogP contribution in [0.4, 0.5) is 0 Å². The van der Waals surface area contributed by atoms with Gasteiger partial charge in [0.05, 0.1) is 17.5 Å². The van der Waals surface area contributed by atoms with Gasteiger partial charge < -0.3 is 0 Å². The number of nitriles is 1. The number of nitrogens with zero attached hydrogens (tertiary/aromatic N) is 3. The van der Waals surface area contributed by atoms with Gasteiger partial charge in [-0.25, -0.2) is 4.98 Å². The van der Waals surface area contributed by atoms with Crippen molar-refractivity contribution in [1.82, 2.24) is 9.97 Å². The van der Waals surface area contributed by atoms with Gasteiger partial charge in [-0.15, -0.1) is 23.1 Å². The summed E-state index contributed by atoms with van der Waals surface area (Å²) < 4.78 is 0. The summed E-state index contributed by atoms with van der Waals surface area (Å²) in [5.41, 5.74) is 0.935. The Bertz CT molecular complexity index is 646. The molecule has 0 radical (unpaired) electrons. The molecule has 0 spiro atoms. The molecule has 0 saturated heterocycles. The van der Waals surface area contributed by atoms with Gasteiger partial charge in [0.25, 0.3) is 0 Å². The van der Waals surface area contributed by atoms with Gasteiger partial charge in [-0.05, 0) is 18.1 Å². The molecule has 0 N–H and O–H groups in total. The number of thiazole rings is 1. The van der Waals surface area contributed by atoms with Crippen LogP contribution in [0.2, 0.25) is 0 Å². The number of hydrogen-bond donors (Lipinski definition) is 0. The highest BCUT2D eigenvalue weighted by molar-refractivity contribution is 8.00. The number of aromatic nitrogens is 2. The van der Waals surface area contributed by atoms with E-state index in [9.17, 15) is 10.1 Å². The van der Waals surface area contributed by atoms with Crippen LogP contribution < -0.4 is 0 Å². The largest absolute Gasteiger partial charge is 0.297 e. The molecule has 0 bridgehead atoms. The smallest absolute Gasteiger partial charge is 0.167 e. The lowest BCUT2D eigenvalue weighted by Crippen LogP contribution is -2.13. The number of pyridine rings is 1. The first-order valence-electron chi connectivity index (χ1n) is 6.52. The zero-order valence-electron chi connectivity index (χ0n) is 11.8. The first-order valence-corrected chi connectivity index (χ1v) is 8.38. The Morgan fingerprint density at radius 3 is 2.71 bits per heavy atom. The fraction of sp³-hybridized carbons (Fsp3) is 0.333. The first-order chi connectivity index (χ1) is 10.1. The molecule has 4 nitrogen and oxygen atoms in total. The van der Waals surface area contributed by atoms with Gasteiger partial charge in [-0.1, -0.05) is 13.8 Å². The maximum atomic E-state index is 12.2. The molecular weight excluding hydrogens is 302 g/mol. The van der Waals surface area contributed by atoms with Crippen LogP contribution in [-0.2, 0) is 4.79 Å². The Hall–Kier alpha value is -1.71. The van der Waals surface area contributed by atoms with Crippen LogP contribution in [0, 0.1) is 11.3 Å². The van der Waals surface area contributed by atoms with E-state index in [1.54, 1.807) is 12.4 Å². The predicted octanol–water partition coefficient (Wildman–Crippen LogP) is 3.63. The van der Waals surface area contributed by atoms with E-state index in [0.29, 0.717) is 10.9 Å². The maximum Gasteiger partial charge on any atom is 0.167 e. The summed E-state index contributed by atoms with van der Waals surface area (Å²) in [4.78, 5) is 21.5. The monoisotopic (exact) mass is 317 g/mol. The van der Waals surface area contributed by atoms with Crippen molar-refractivity contribution in [1.29, 1.82) is 5.26 Å². The van der Waals surface area contributed by atoms with Gasteiger partial charge in [0.2, 0.25) is 0 Å². The van der Waals surface area contributed by atoms with Crippen LogP contribution in [0.5, 0.6) is 0 Å². The molecule has 1 unspecified atom stereocenters. The average molecular weight is 317 g/mol. The number of hydrogen-bond acceptors (Lipinski definition) is 6. The van der Waals surface area contributed by atoms with Crippen molar-refractivity contribution < 1.29 is 4.79 Å². The van der Waals surface area contributed by atoms with Crippen molar-refractivity contribution in [2.75, 3.05) is 5.75 Å². The zero-order valence-corrected chi connectivity index (χ0v) is 13.4. The molecule has 2 rings (SSSR count). The molecule has 2 aromatic heterocycles. The fourth-order valence-corrected chi connectivity index (χ4v) is 3.47. The van der Waals surface area contributed by atoms with Crippen molar-refractivity contribution in [3.05, 3.63) is 40.6 Å². The van der Waals surface area contributed by atoms with Crippen molar-refractivity contribution in [3.63, 3.8) is 0 Å². The maximum absolute atomic E-state index is 12.2. The third-order valence-corrected chi connectivity index (χ3v) is 4.82. The molecule has 0 aliphatic heterocycles. The molecule has 21 heavy (non-hydrogen) atoms. The van der Waals surface area contributed by atoms with Crippen LogP contribution in [0.25, 0.3) is 0 Å². The lowest BCUT2D eigenvalue weighted by atomic mass is 10.1. The van der Waals surface area contributed by atoms with Crippen molar-refractivity contribution in [2.24, 2.45) is 0 Å². The average Bonchev–Trinajstić information content (AvgIpc) is 2.97. The normalized spacial score (nSPS) is 12.1. The van der Waals surface area contributed by atoms with Crippen molar-refractivity contribution in [3.8, 4) is 6.07 Å². The van der Waals surface area contributed by atoms with Gasteiger partial charge in [-0.2, -0.15) is 5.26 Å². The lowest BCUT2D eigenvalue weighted by molar-refractivity contribution is -0.116. The van der Waals surface area contributed by atoms with E-state index in [-0.39, 0.29) is 11.5 Å². The van der Waals surface area contributed by atoms with Gasteiger partial charge in [-0.3, -0.25) is 9.78 Å². The number of thioether (sulfide) groups is 1. The molecule has 1 atom stereocenters. The minimum absolute atomic E-state index is 0.107. The molecule has 2 aromatic rings. The Kier molecular flexibility index (Phi) is 5.48. The van der Waals surface area contributed by atoms with E-state index in [0.717, 1.165) is 10.6 Å². The molecular formula is C15H15N3OS2. The summed E-state index contributed by atoms with van der Waals surface area (Å²) >= 11 is 2.80. The van der Waals surface area contributed by atoms with Gasteiger partial charge in [0.15, 0.2) is 11.7 Å². The van der Waals surface area contributed by atoms with Crippen molar-refractivity contribution >= 4 is 28.9 Å². The topological polar surface area (TPSA) is 66.6 Å². The first kappa shape index (κ1) is 15.7. The Morgan fingerprint density at radius 2 is 2.14 bits per heavy atom. The minimum atomic E-state index is -0.767. The summed E-state index contributed by atoms with van der Waals surface area (Å²) in [5.74, 6) is -0.310. The second-order valence-electron chi connectivity index (χ2n) is 4.77. The summed E-state index contributed by atoms with van der Waals surface area (Å²) in [5, 5.41) is 11.8. The number of Topliss-reactive ketones (excluding diaryl/α,β-unsaturated/α-hetero) is 1. The Labute approximate surface area is 132 Å². The van der Waals surface area contributed by atoms with Crippen LogP contribution in [0.15, 0.2) is 34.8 Å². The van der Waals surface area contributed by atoms with Gasteiger partial charge in [0.1, 0.15) is 5.01 Å². The standard InChI is InChI=1S/C15H15N3OS2/c1-10(2)13-8-21-15(18-13)12(7-16)14(19)9-20-11-3-5-17-6-4-11/h3-6,8,10,12H,9H2,1-2H3. The number of ketones is 1. The van der Waals surface area contributed by atoms with E-state index < -0.39 is 5.92 Å². The van der Waals surface area contributed by atoms with E-state index >= 15 is 0 Å². The van der Waals surface area contributed by atoms with E-state index in [2.05, 4.69) is 16.0 Å². The highest BCUT2D eigenvalue weighted by atomic mass is 32.2. The third-order valence-electron chi connectivity index (χ3n) is 2.86. The summed E-state index contributed by atoms with van der Waals surface area (Å²) in [6, 6.07) is 5.77. The van der Waals surface area contributed by atoms with Crippen molar-refractivity contribution in [2.45, 2.75) is 30.6 Å². The number of rotatable bonds is 6. The molecule has 0 aromatic carbocycles. The molecule has 0 amide bonds. The van der Waals surface area contributed by atoms with E-state index in [4.69, 9.17) is 0 Å². The van der Waals surface area contributed by atoms with Gasteiger partial charge >= 0.3 is 0 Å².